The predicted molar refractivity (Wildman–Crippen MR) is 95.7 cm³/mol. The van der Waals surface area contributed by atoms with E-state index in [4.69, 9.17) is 9.47 Å². The lowest BCUT2D eigenvalue weighted by Gasteiger charge is -2.18. The lowest BCUT2D eigenvalue weighted by Crippen LogP contribution is -2.17. The topological polar surface area (TPSA) is 78.3 Å². The molecule has 1 amide bonds. The number of amides is 1. The number of hydrogen-bond acceptors (Lipinski definition) is 5. The number of benzene rings is 2. The van der Waals surface area contributed by atoms with E-state index in [0.717, 1.165) is 5.56 Å². The molecule has 2 heterocycles. The minimum Gasteiger partial charge on any atom is -0.486 e. The average molecular weight is 350 g/mol. The molecule has 1 aliphatic heterocycles. The SMILES string of the molecule is Cc1c(C(=O)Nc2ccc3c(c2)OCCO3)nnn1Cc1ccccc1. The highest BCUT2D eigenvalue weighted by Crippen LogP contribution is 2.32. The third-order valence-electron chi connectivity index (χ3n) is 4.17. The van der Waals surface area contributed by atoms with Crippen LogP contribution in [0, 0.1) is 6.92 Å². The van der Waals surface area contributed by atoms with Crippen LogP contribution in [0.2, 0.25) is 0 Å². The van der Waals surface area contributed by atoms with Gasteiger partial charge in [0.05, 0.1) is 12.2 Å². The van der Waals surface area contributed by atoms with Crippen molar-refractivity contribution in [3.8, 4) is 11.5 Å². The van der Waals surface area contributed by atoms with E-state index >= 15 is 0 Å². The quantitative estimate of drug-likeness (QED) is 0.783. The Hall–Kier alpha value is -3.35. The van der Waals surface area contributed by atoms with Gasteiger partial charge < -0.3 is 14.8 Å². The highest BCUT2D eigenvalue weighted by molar-refractivity contribution is 6.03. The number of carbonyl (C=O) groups is 1. The molecule has 0 spiro atoms. The maximum absolute atomic E-state index is 12.6. The van der Waals surface area contributed by atoms with Gasteiger partial charge in [-0.2, -0.15) is 0 Å². The molecule has 7 heteroatoms. The molecule has 4 rings (SSSR count). The first-order chi connectivity index (χ1) is 12.7. The van der Waals surface area contributed by atoms with Crippen molar-refractivity contribution in [2.24, 2.45) is 0 Å². The van der Waals surface area contributed by atoms with E-state index in [1.807, 2.05) is 37.3 Å². The molecule has 2 aromatic carbocycles. The Kier molecular flexibility index (Phi) is 4.27. The van der Waals surface area contributed by atoms with Crippen molar-refractivity contribution in [2.45, 2.75) is 13.5 Å². The van der Waals surface area contributed by atoms with Gasteiger partial charge in [0.15, 0.2) is 17.2 Å². The molecule has 0 unspecified atom stereocenters. The van der Waals surface area contributed by atoms with Crippen molar-refractivity contribution in [3.05, 3.63) is 65.5 Å². The van der Waals surface area contributed by atoms with Crippen molar-refractivity contribution in [3.63, 3.8) is 0 Å². The third kappa shape index (κ3) is 3.23. The molecule has 132 valence electrons. The van der Waals surface area contributed by atoms with E-state index in [9.17, 15) is 4.79 Å². The Morgan fingerprint density at radius 3 is 2.69 bits per heavy atom. The maximum atomic E-state index is 12.6. The van der Waals surface area contributed by atoms with E-state index in [1.165, 1.54) is 0 Å². The molecule has 0 bridgehead atoms. The second kappa shape index (κ2) is 6.87. The fraction of sp³-hybridized carbons (Fsp3) is 0.211. The van der Waals surface area contributed by atoms with Gasteiger partial charge in [-0.25, -0.2) is 4.68 Å². The number of nitrogens with zero attached hydrogens (tertiary/aromatic N) is 3. The third-order valence-corrected chi connectivity index (χ3v) is 4.17. The minimum absolute atomic E-state index is 0.302. The first kappa shape index (κ1) is 16.1. The fourth-order valence-electron chi connectivity index (χ4n) is 2.79. The summed E-state index contributed by atoms with van der Waals surface area (Å²) in [4.78, 5) is 12.6. The molecule has 1 aromatic heterocycles. The first-order valence-electron chi connectivity index (χ1n) is 8.36. The number of anilines is 1. The Balaban J connectivity index is 1.50. The molecule has 0 fully saturated rings. The zero-order chi connectivity index (χ0) is 17.9. The largest absolute Gasteiger partial charge is 0.486 e. The zero-order valence-electron chi connectivity index (χ0n) is 14.3. The average Bonchev–Trinajstić information content (AvgIpc) is 3.03. The second-order valence-electron chi connectivity index (χ2n) is 5.98. The summed E-state index contributed by atoms with van der Waals surface area (Å²) in [6.07, 6.45) is 0. The zero-order valence-corrected chi connectivity index (χ0v) is 14.3. The van der Waals surface area contributed by atoms with Gasteiger partial charge in [0.1, 0.15) is 13.2 Å². The Morgan fingerprint density at radius 1 is 1.12 bits per heavy atom. The van der Waals surface area contributed by atoms with Crippen LogP contribution in [0.4, 0.5) is 5.69 Å². The maximum Gasteiger partial charge on any atom is 0.278 e. The van der Waals surface area contributed by atoms with E-state index < -0.39 is 0 Å². The molecule has 3 aromatic rings. The normalized spacial score (nSPS) is 12.7. The number of ether oxygens (including phenoxy) is 2. The summed E-state index contributed by atoms with van der Waals surface area (Å²) in [5.74, 6) is 0.997. The molecule has 0 saturated carbocycles. The Morgan fingerprint density at radius 2 is 1.88 bits per heavy atom. The molecule has 26 heavy (non-hydrogen) atoms. The Labute approximate surface area is 150 Å². The molecule has 0 saturated heterocycles. The van der Waals surface area contributed by atoms with Crippen LogP contribution in [-0.4, -0.2) is 34.1 Å². The molecule has 0 atom stereocenters. The van der Waals surface area contributed by atoms with Gasteiger partial charge in [0, 0.05) is 11.8 Å². The van der Waals surface area contributed by atoms with Gasteiger partial charge in [0.2, 0.25) is 0 Å². The van der Waals surface area contributed by atoms with E-state index in [1.54, 1.807) is 22.9 Å². The van der Waals surface area contributed by atoms with Crippen LogP contribution < -0.4 is 14.8 Å². The highest BCUT2D eigenvalue weighted by Gasteiger charge is 2.18. The van der Waals surface area contributed by atoms with Crippen molar-refractivity contribution >= 4 is 11.6 Å². The van der Waals surface area contributed by atoms with Crippen molar-refractivity contribution in [1.29, 1.82) is 0 Å². The van der Waals surface area contributed by atoms with E-state index in [2.05, 4.69) is 15.6 Å². The minimum atomic E-state index is -0.307. The molecule has 1 aliphatic rings. The van der Waals surface area contributed by atoms with Crippen LogP contribution in [0.3, 0.4) is 0 Å². The van der Waals surface area contributed by atoms with Gasteiger partial charge in [-0.05, 0) is 24.6 Å². The number of fused-ring (bicyclic) bond motifs is 1. The van der Waals surface area contributed by atoms with E-state index in [0.29, 0.717) is 48.3 Å². The summed E-state index contributed by atoms with van der Waals surface area (Å²) in [5.41, 5.74) is 2.73. The van der Waals surface area contributed by atoms with Crippen LogP contribution in [0.15, 0.2) is 48.5 Å². The van der Waals surface area contributed by atoms with Crippen LogP contribution in [0.1, 0.15) is 21.7 Å². The van der Waals surface area contributed by atoms with Gasteiger partial charge in [-0.3, -0.25) is 4.79 Å². The standard InChI is InChI=1S/C19H18N4O3/c1-13-18(21-22-23(13)12-14-5-3-2-4-6-14)19(24)20-15-7-8-16-17(11-15)26-10-9-25-16/h2-8,11H,9-10,12H2,1H3,(H,20,24). The summed E-state index contributed by atoms with van der Waals surface area (Å²) in [6.45, 7) is 3.43. The molecular weight excluding hydrogens is 332 g/mol. The van der Waals surface area contributed by atoms with Crippen LogP contribution in [0.5, 0.6) is 11.5 Å². The van der Waals surface area contributed by atoms with Crippen molar-refractivity contribution < 1.29 is 14.3 Å². The summed E-state index contributed by atoms with van der Waals surface area (Å²) in [5, 5.41) is 11.0. The molecule has 0 radical (unpaired) electrons. The molecule has 0 aliphatic carbocycles. The van der Waals surface area contributed by atoms with Crippen LogP contribution in [-0.2, 0) is 6.54 Å². The number of aromatic nitrogens is 3. The van der Waals surface area contributed by atoms with Gasteiger partial charge in [0.25, 0.3) is 5.91 Å². The number of nitrogens with one attached hydrogen (secondary N) is 1. The van der Waals surface area contributed by atoms with Crippen LogP contribution in [0.25, 0.3) is 0 Å². The lowest BCUT2D eigenvalue weighted by molar-refractivity contribution is 0.102. The molecular formula is C19H18N4O3. The fourth-order valence-corrected chi connectivity index (χ4v) is 2.79. The summed E-state index contributed by atoms with van der Waals surface area (Å²) in [6, 6.07) is 15.2. The van der Waals surface area contributed by atoms with Crippen LogP contribution >= 0.6 is 0 Å². The smallest absolute Gasteiger partial charge is 0.278 e. The van der Waals surface area contributed by atoms with Gasteiger partial charge in [-0.15, -0.1) is 5.10 Å². The summed E-state index contributed by atoms with van der Waals surface area (Å²) in [7, 11) is 0. The van der Waals surface area contributed by atoms with Gasteiger partial charge in [-0.1, -0.05) is 35.5 Å². The van der Waals surface area contributed by atoms with Crippen molar-refractivity contribution in [1.82, 2.24) is 15.0 Å². The summed E-state index contributed by atoms with van der Waals surface area (Å²) < 4.78 is 12.7. The van der Waals surface area contributed by atoms with E-state index in [-0.39, 0.29) is 5.91 Å². The summed E-state index contributed by atoms with van der Waals surface area (Å²) >= 11 is 0. The number of rotatable bonds is 4. The molecule has 1 N–H and O–H groups in total. The monoisotopic (exact) mass is 350 g/mol. The Bertz CT molecular complexity index is 937. The van der Waals surface area contributed by atoms with Crippen molar-refractivity contribution in [2.75, 3.05) is 18.5 Å². The molecule has 7 nitrogen and oxygen atoms in total. The lowest BCUT2D eigenvalue weighted by atomic mass is 10.2. The number of carbonyl (C=O) groups excluding carboxylic acids is 1. The first-order valence-corrected chi connectivity index (χ1v) is 8.36. The second-order valence-corrected chi connectivity index (χ2v) is 5.98. The highest BCUT2D eigenvalue weighted by atomic mass is 16.6. The predicted octanol–water partition coefficient (Wildman–Crippen LogP) is 2.66. The van der Waals surface area contributed by atoms with Gasteiger partial charge >= 0.3 is 0 Å². The number of hydrogen-bond donors (Lipinski definition) is 1.